The Labute approximate surface area is 207 Å². The van der Waals surface area contributed by atoms with Crippen LogP contribution in [0, 0.1) is 17.3 Å². The van der Waals surface area contributed by atoms with Crippen molar-refractivity contribution in [3.8, 4) is 0 Å². The molecule has 1 aromatic heterocycles. The number of rotatable bonds is 4. The molecule has 184 valence electrons. The second-order valence-electron chi connectivity index (χ2n) is 11.5. The maximum atomic E-state index is 13.9. The number of para-hydroxylation sites is 1. The zero-order chi connectivity index (χ0) is 24.7. The third-order valence-electron chi connectivity index (χ3n) is 9.61. The van der Waals surface area contributed by atoms with Crippen LogP contribution >= 0.6 is 0 Å². The molecule has 0 radical (unpaired) electrons. The van der Waals surface area contributed by atoms with Crippen molar-refractivity contribution in [2.24, 2.45) is 17.3 Å². The van der Waals surface area contributed by atoms with Crippen LogP contribution in [0.4, 0.5) is 0 Å². The van der Waals surface area contributed by atoms with Gasteiger partial charge in [-0.15, -0.1) is 0 Å². The summed E-state index contributed by atoms with van der Waals surface area (Å²) in [5.41, 5.74) is 6.65. The number of aromatic nitrogens is 1. The number of ether oxygens (including phenoxy) is 1. The van der Waals surface area contributed by atoms with E-state index in [0.717, 1.165) is 50.0 Å². The van der Waals surface area contributed by atoms with Gasteiger partial charge in [-0.3, -0.25) is 14.5 Å². The van der Waals surface area contributed by atoms with Gasteiger partial charge in [-0.05, 0) is 57.1 Å². The summed E-state index contributed by atoms with van der Waals surface area (Å²) in [6, 6.07) is 8.41. The SMILES string of the molecule is CCC1=C([C@]2(C)C=C(C)[C@@H](C(C)=O)C2)[C@@H]2CN3CCc4c([nH]c5ccccc45)[C@@](C(=O)OC)(C2)[C@@H]13. The van der Waals surface area contributed by atoms with Crippen molar-refractivity contribution < 1.29 is 14.3 Å². The molecule has 7 rings (SSSR count). The minimum Gasteiger partial charge on any atom is -0.468 e. The number of fused-ring (bicyclic) bond motifs is 3. The molecule has 4 heterocycles. The predicted octanol–water partition coefficient (Wildman–Crippen LogP) is 5.11. The fraction of sp³-hybridized carbons (Fsp3) is 0.533. The zero-order valence-corrected chi connectivity index (χ0v) is 21.5. The molecule has 2 aliphatic carbocycles. The molecule has 35 heavy (non-hydrogen) atoms. The predicted molar refractivity (Wildman–Crippen MR) is 137 cm³/mol. The first kappa shape index (κ1) is 22.8. The lowest BCUT2D eigenvalue weighted by Gasteiger charge is -2.58. The first-order valence-corrected chi connectivity index (χ1v) is 13.1. The third-order valence-corrected chi connectivity index (χ3v) is 9.61. The molecule has 1 unspecified atom stereocenters. The van der Waals surface area contributed by atoms with Gasteiger partial charge in [-0.2, -0.15) is 0 Å². The van der Waals surface area contributed by atoms with Crippen molar-refractivity contribution in [1.82, 2.24) is 9.88 Å². The summed E-state index contributed by atoms with van der Waals surface area (Å²) >= 11 is 0. The highest BCUT2D eigenvalue weighted by Crippen LogP contribution is 2.61. The Hall–Kier alpha value is -2.66. The molecule has 1 fully saturated rings. The van der Waals surface area contributed by atoms with Crippen LogP contribution in [0.15, 0.2) is 47.1 Å². The van der Waals surface area contributed by atoms with E-state index < -0.39 is 5.41 Å². The summed E-state index contributed by atoms with van der Waals surface area (Å²) in [5.74, 6) is 0.393. The molecule has 5 nitrogen and oxygen atoms in total. The van der Waals surface area contributed by atoms with Crippen LogP contribution in [0.2, 0.25) is 0 Å². The lowest BCUT2D eigenvalue weighted by Crippen LogP contribution is -2.65. The van der Waals surface area contributed by atoms with Crippen molar-refractivity contribution in [3.05, 3.63) is 58.3 Å². The van der Waals surface area contributed by atoms with Crippen molar-refractivity contribution >= 4 is 22.7 Å². The normalized spacial score (nSPS) is 35.6. The third kappa shape index (κ3) is 2.91. The molecule has 0 spiro atoms. The Morgan fingerprint density at radius 2 is 2.00 bits per heavy atom. The molecular formula is C30H36N2O3. The molecule has 5 aliphatic rings. The lowest BCUT2D eigenvalue weighted by atomic mass is 9.54. The number of piperidine rings is 1. The summed E-state index contributed by atoms with van der Waals surface area (Å²) in [5, 5.41) is 1.23. The molecule has 2 aromatic rings. The second-order valence-corrected chi connectivity index (χ2v) is 11.5. The van der Waals surface area contributed by atoms with Gasteiger partial charge < -0.3 is 9.72 Å². The Morgan fingerprint density at radius 3 is 2.69 bits per heavy atom. The molecule has 0 saturated carbocycles. The number of benzene rings is 1. The smallest absolute Gasteiger partial charge is 0.319 e. The highest BCUT2D eigenvalue weighted by atomic mass is 16.5. The summed E-state index contributed by atoms with van der Waals surface area (Å²) < 4.78 is 5.61. The van der Waals surface area contributed by atoms with E-state index in [0.29, 0.717) is 0 Å². The van der Waals surface area contributed by atoms with Gasteiger partial charge in [0.05, 0.1) is 13.2 Å². The first-order chi connectivity index (χ1) is 16.7. The first-order valence-electron chi connectivity index (χ1n) is 13.1. The molecule has 3 aliphatic heterocycles. The Kier molecular flexibility index (Phi) is 4.99. The molecular weight excluding hydrogens is 436 g/mol. The van der Waals surface area contributed by atoms with Crippen LogP contribution in [0.25, 0.3) is 10.9 Å². The lowest BCUT2D eigenvalue weighted by molar-refractivity contribution is -0.154. The van der Waals surface area contributed by atoms with Crippen LogP contribution in [0.5, 0.6) is 0 Å². The number of esters is 1. The number of nitrogens with zero attached hydrogens (tertiary/aromatic N) is 1. The summed E-state index contributed by atoms with van der Waals surface area (Å²) in [4.78, 5) is 32.6. The number of Topliss-reactive ketones (excluding diaryl/α,β-unsaturated/α-hetero) is 1. The number of H-pyrrole nitrogens is 1. The van der Waals surface area contributed by atoms with E-state index in [1.807, 2.05) is 0 Å². The van der Waals surface area contributed by atoms with Gasteiger partial charge in [0.15, 0.2) is 0 Å². The monoisotopic (exact) mass is 472 g/mol. The highest BCUT2D eigenvalue weighted by molar-refractivity contribution is 5.92. The number of hydrogen-bond acceptors (Lipinski definition) is 4. The van der Waals surface area contributed by atoms with Crippen molar-refractivity contribution in [2.45, 2.75) is 64.8 Å². The molecule has 1 N–H and O–H groups in total. The van der Waals surface area contributed by atoms with Crippen molar-refractivity contribution in [2.75, 3.05) is 20.2 Å². The maximum Gasteiger partial charge on any atom is 0.319 e. The zero-order valence-electron chi connectivity index (χ0n) is 21.5. The van der Waals surface area contributed by atoms with Crippen molar-refractivity contribution in [1.29, 1.82) is 0 Å². The van der Waals surface area contributed by atoms with Gasteiger partial charge in [-0.1, -0.05) is 54.8 Å². The van der Waals surface area contributed by atoms with Crippen LogP contribution in [0.1, 0.15) is 58.2 Å². The Bertz CT molecular complexity index is 1320. The number of carbonyl (C=O) groups excluding carboxylic acids is 2. The van der Waals surface area contributed by atoms with Crippen LogP contribution in [0.3, 0.4) is 0 Å². The number of hydrogen-bond donors (Lipinski definition) is 1. The largest absolute Gasteiger partial charge is 0.468 e. The fourth-order valence-corrected chi connectivity index (χ4v) is 8.54. The molecule has 6 atom stereocenters. The van der Waals surface area contributed by atoms with Crippen LogP contribution in [-0.4, -0.2) is 47.9 Å². The van der Waals surface area contributed by atoms with Crippen molar-refractivity contribution in [3.63, 3.8) is 0 Å². The van der Waals surface area contributed by atoms with E-state index in [-0.39, 0.29) is 35.0 Å². The van der Waals surface area contributed by atoms with Gasteiger partial charge in [0.1, 0.15) is 11.2 Å². The van der Waals surface area contributed by atoms with Gasteiger partial charge in [-0.25, -0.2) is 0 Å². The van der Waals surface area contributed by atoms with Gasteiger partial charge >= 0.3 is 5.97 Å². The molecule has 4 bridgehead atoms. The van der Waals surface area contributed by atoms with Crippen LogP contribution < -0.4 is 0 Å². The number of allylic oxidation sites excluding steroid dienone is 2. The Morgan fingerprint density at radius 1 is 1.23 bits per heavy atom. The number of aromatic amines is 1. The van der Waals surface area contributed by atoms with E-state index >= 15 is 0 Å². The molecule has 1 saturated heterocycles. The average Bonchev–Trinajstić information content (AvgIpc) is 3.36. The van der Waals surface area contributed by atoms with Gasteiger partial charge in [0.2, 0.25) is 0 Å². The fourth-order valence-electron chi connectivity index (χ4n) is 8.54. The van der Waals surface area contributed by atoms with E-state index in [1.54, 1.807) is 6.92 Å². The van der Waals surface area contributed by atoms with Gasteiger partial charge in [0, 0.05) is 41.0 Å². The minimum absolute atomic E-state index is 0.00326. The van der Waals surface area contributed by atoms with E-state index in [9.17, 15) is 9.59 Å². The highest BCUT2D eigenvalue weighted by Gasteiger charge is 2.64. The second kappa shape index (κ2) is 7.67. The number of carbonyl (C=O) groups is 2. The van der Waals surface area contributed by atoms with E-state index in [1.165, 1.54) is 34.8 Å². The molecule has 5 heteroatoms. The maximum absolute atomic E-state index is 13.9. The quantitative estimate of drug-likeness (QED) is 0.496. The minimum atomic E-state index is -0.731. The topological polar surface area (TPSA) is 62.4 Å². The molecule has 1 aromatic carbocycles. The van der Waals surface area contributed by atoms with E-state index in [4.69, 9.17) is 4.74 Å². The Balaban J connectivity index is 1.59. The standard InChI is InChI=1S/C30H36N2O3/c1-6-20-25(29(4)13-17(2)23(15-29)18(3)33)19-14-30(28(34)35-5)26-22(11-12-32(16-19)27(20)30)21-9-7-8-10-24(21)31-26/h7-10,13,19,23,27,31H,6,11-12,14-16H2,1-5H3/t19-,23-,27+,29+,30-/m0/s1. The molecule has 0 amide bonds. The number of nitrogens with one attached hydrogen (secondary N) is 1. The average molecular weight is 473 g/mol. The summed E-state index contributed by atoms with van der Waals surface area (Å²) in [7, 11) is 1.54. The number of ketones is 1. The van der Waals surface area contributed by atoms with E-state index in [2.05, 4.69) is 61.0 Å². The number of methoxy groups -OCH3 is 1. The summed E-state index contributed by atoms with van der Waals surface area (Å²) in [6.45, 7) is 10.3. The summed E-state index contributed by atoms with van der Waals surface area (Å²) in [6.07, 6.45) is 5.79. The van der Waals surface area contributed by atoms with Gasteiger partial charge in [0.25, 0.3) is 0 Å². The van der Waals surface area contributed by atoms with Crippen LogP contribution in [-0.2, 0) is 26.2 Å².